The van der Waals surface area contributed by atoms with E-state index in [2.05, 4.69) is 51.8 Å². The number of nitrogens with zero attached hydrogens (tertiary/aromatic N) is 1. The van der Waals surface area contributed by atoms with Crippen LogP contribution in [0.5, 0.6) is 5.75 Å². The van der Waals surface area contributed by atoms with Crippen LogP contribution in [0.2, 0.25) is 0 Å². The molecule has 0 fully saturated rings. The van der Waals surface area contributed by atoms with E-state index >= 15 is 0 Å². The maximum atomic E-state index is 13.0. The van der Waals surface area contributed by atoms with Gasteiger partial charge in [-0.3, -0.25) is 4.79 Å². The number of aliphatic hydroxyl groups is 1. The molecule has 0 saturated heterocycles. The van der Waals surface area contributed by atoms with Crippen molar-refractivity contribution in [1.29, 1.82) is 0 Å². The Morgan fingerprint density at radius 1 is 0.912 bits per heavy atom. The molecular weight excluding hydrogens is 428 g/mol. The summed E-state index contributed by atoms with van der Waals surface area (Å²) in [6, 6.07) is 11.8. The lowest BCUT2D eigenvalue weighted by molar-refractivity contribution is -0.111. The highest BCUT2D eigenvalue weighted by Gasteiger charge is 2.29. The van der Waals surface area contributed by atoms with Crippen molar-refractivity contribution in [2.24, 2.45) is 0 Å². The van der Waals surface area contributed by atoms with Crippen molar-refractivity contribution in [3.8, 4) is 5.75 Å². The van der Waals surface area contributed by atoms with Crippen LogP contribution in [0, 0.1) is 0 Å². The van der Waals surface area contributed by atoms with Gasteiger partial charge in [0, 0.05) is 6.08 Å². The molecule has 2 heterocycles. The van der Waals surface area contributed by atoms with E-state index in [1.165, 1.54) is 12.2 Å². The molecule has 34 heavy (non-hydrogen) atoms. The molecule has 1 aliphatic carbocycles. The van der Waals surface area contributed by atoms with Crippen LogP contribution in [0.25, 0.3) is 16.7 Å². The maximum absolute atomic E-state index is 13.0. The number of benzene rings is 2. The quantitative estimate of drug-likeness (QED) is 0.404. The van der Waals surface area contributed by atoms with Gasteiger partial charge < -0.3 is 19.6 Å². The third-order valence-corrected chi connectivity index (χ3v) is 6.13. The highest BCUT2D eigenvalue weighted by molar-refractivity contribution is 6.14. The summed E-state index contributed by atoms with van der Waals surface area (Å²) < 4.78 is 11.7. The average Bonchev–Trinajstić information content (AvgIpc) is 3.36. The van der Waals surface area contributed by atoms with E-state index in [0.717, 1.165) is 16.8 Å². The van der Waals surface area contributed by atoms with Gasteiger partial charge >= 0.3 is 0 Å². The Hall–Kier alpha value is -3.80. The molecule has 0 spiro atoms. The molecule has 2 N–H and O–H groups in total. The van der Waals surface area contributed by atoms with Gasteiger partial charge in [-0.05, 0) is 52.3 Å². The zero-order valence-electron chi connectivity index (χ0n) is 20.2. The summed E-state index contributed by atoms with van der Waals surface area (Å²) in [4.78, 5) is 17.5. The Kier molecular flexibility index (Phi) is 4.76. The Morgan fingerprint density at radius 2 is 1.59 bits per heavy atom. The molecule has 3 aromatic rings. The monoisotopic (exact) mass is 456 g/mol. The Morgan fingerprint density at radius 3 is 2.29 bits per heavy atom. The zero-order valence-corrected chi connectivity index (χ0v) is 20.2. The minimum absolute atomic E-state index is 0.0176. The number of carbonyl (C=O) groups excluding carboxylic acids is 1. The number of ketones is 1. The topological polar surface area (TPSA) is 84.6 Å². The summed E-state index contributed by atoms with van der Waals surface area (Å²) in [5.74, 6) is 0.712. The van der Waals surface area contributed by atoms with Gasteiger partial charge in [-0.15, -0.1) is 0 Å². The van der Waals surface area contributed by atoms with Crippen molar-refractivity contribution in [1.82, 2.24) is 4.98 Å². The van der Waals surface area contributed by atoms with Gasteiger partial charge in [-0.1, -0.05) is 53.7 Å². The number of ether oxygens (including phenoxy) is 1. The van der Waals surface area contributed by atoms with Crippen LogP contribution < -0.4 is 10.1 Å². The third-order valence-electron chi connectivity index (χ3n) is 6.13. The average molecular weight is 457 g/mol. The van der Waals surface area contributed by atoms with Gasteiger partial charge in [0.15, 0.2) is 17.1 Å². The van der Waals surface area contributed by atoms with Gasteiger partial charge in [-0.25, -0.2) is 4.98 Å². The van der Waals surface area contributed by atoms with Gasteiger partial charge in [-0.2, -0.15) is 0 Å². The summed E-state index contributed by atoms with van der Waals surface area (Å²) in [6.45, 7) is 12.8. The molecule has 0 unspecified atom stereocenters. The second kappa shape index (κ2) is 7.35. The molecule has 6 nitrogen and oxygen atoms in total. The van der Waals surface area contributed by atoms with Gasteiger partial charge in [0.25, 0.3) is 0 Å². The van der Waals surface area contributed by atoms with Crippen molar-refractivity contribution in [2.75, 3.05) is 5.32 Å². The van der Waals surface area contributed by atoms with E-state index in [1.54, 1.807) is 0 Å². The van der Waals surface area contributed by atoms with Crippen molar-refractivity contribution in [3.05, 3.63) is 82.8 Å². The largest absolute Gasteiger partial charge is 0.507 e. The van der Waals surface area contributed by atoms with Crippen molar-refractivity contribution < 1.29 is 19.1 Å². The summed E-state index contributed by atoms with van der Waals surface area (Å²) in [5, 5.41) is 13.9. The summed E-state index contributed by atoms with van der Waals surface area (Å²) >= 11 is 0. The molecule has 6 heteroatoms. The van der Waals surface area contributed by atoms with Crippen LogP contribution in [0.4, 0.5) is 5.69 Å². The molecular formula is C28H28N2O4. The van der Waals surface area contributed by atoms with E-state index < -0.39 is 0 Å². The van der Waals surface area contributed by atoms with E-state index in [0.29, 0.717) is 22.7 Å². The first-order valence-corrected chi connectivity index (χ1v) is 11.3. The molecule has 2 aliphatic rings. The molecule has 2 aromatic carbocycles. The van der Waals surface area contributed by atoms with Gasteiger partial charge in [0.05, 0.1) is 16.8 Å². The van der Waals surface area contributed by atoms with Crippen LogP contribution in [-0.4, -0.2) is 15.9 Å². The molecule has 0 amide bonds. The fraction of sp³-hybridized carbons (Fsp3) is 0.286. The number of nitrogens with one attached hydrogen (secondary N) is 1. The van der Waals surface area contributed by atoms with Crippen molar-refractivity contribution in [2.45, 2.75) is 52.4 Å². The first kappa shape index (κ1) is 22.0. The lowest BCUT2D eigenvalue weighted by Gasteiger charge is -2.19. The number of anilines is 1. The van der Waals surface area contributed by atoms with Crippen molar-refractivity contribution >= 4 is 28.1 Å². The second-order valence-corrected chi connectivity index (χ2v) is 10.8. The SMILES string of the molecule is CC(C)(C)c1ccc2c(c1)N/C(=C1/C=C(O)C(c3nc4cc(C(C)(C)C)ccc4o3)=CC1=O)O2. The van der Waals surface area contributed by atoms with Crippen LogP contribution in [-0.2, 0) is 15.6 Å². The van der Waals surface area contributed by atoms with E-state index in [1.807, 2.05) is 36.4 Å². The molecule has 5 rings (SSSR count). The highest BCUT2D eigenvalue weighted by atomic mass is 16.5. The number of rotatable bonds is 1. The molecule has 1 aliphatic heterocycles. The fourth-order valence-electron chi connectivity index (χ4n) is 3.99. The highest BCUT2D eigenvalue weighted by Crippen LogP contribution is 2.39. The summed E-state index contributed by atoms with van der Waals surface area (Å²) in [5.41, 5.74) is 4.77. The first-order chi connectivity index (χ1) is 15.9. The molecule has 0 atom stereocenters. The standard InChI is InChI=1S/C28H28N2O4/c1-27(2,3)15-7-9-23-19(11-15)29-25(33-23)17-13-22(32)18(14-21(17)31)26-30-20-12-16(28(4,5)6)8-10-24(20)34-26/h7-14,29,32H,1-6H3/b25-17+. The molecule has 1 aromatic heterocycles. The lowest BCUT2D eigenvalue weighted by Crippen LogP contribution is -2.13. The summed E-state index contributed by atoms with van der Waals surface area (Å²) in [6.07, 6.45) is 2.73. The molecule has 174 valence electrons. The number of hydrogen-bond donors (Lipinski definition) is 2. The van der Waals surface area contributed by atoms with E-state index in [9.17, 15) is 9.90 Å². The second-order valence-electron chi connectivity index (χ2n) is 10.8. The van der Waals surface area contributed by atoms with Crippen LogP contribution >= 0.6 is 0 Å². The zero-order chi connectivity index (χ0) is 24.4. The third kappa shape index (κ3) is 3.79. The minimum atomic E-state index is -0.309. The number of fused-ring (bicyclic) bond motifs is 2. The van der Waals surface area contributed by atoms with Gasteiger partial charge in [0.1, 0.15) is 11.3 Å². The minimum Gasteiger partial charge on any atom is -0.507 e. The molecule has 0 radical (unpaired) electrons. The van der Waals surface area contributed by atoms with Crippen molar-refractivity contribution in [3.63, 3.8) is 0 Å². The number of aromatic nitrogens is 1. The number of carbonyl (C=O) groups is 1. The number of oxazole rings is 1. The predicted molar refractivity (Wildman–Crippen MR) is 133 cm³/mol. The van der Waals surface area contributed by atoms with Crippen LogP contribution in [0.15, 0.2) is 70.2 Å². The van der Waals surface area contributed by atoms with E-state index in [-0.39, 0.29) is 39.4 Å². The van der Waals surface area contributed by atoms with E-state index in [4.69, 9.17) is 9.15 Å². The number of aliphatic hydroxyl groups excluding tert-OH is 1. The summed E-state index contributed by atoms with van der Waals surface area (Å²) in [7, 11) is 0. The molecule has 0 bridgehead atoms. The molecule has 0 saturated carbocycles. The Labute approximate surface area is 198 Å². The van der Waals surface area contributed by atoms with Crippen LogP contribution in [0.3, 0.4) is 0 Å². The maximum Gasteiger partial charge on any atom is 0.231 e. The normalized spacial score (nSPS) is 18.4. The smallest absolute Gasteiger partial charge is 0.231 e. The predicted octanol–water partition coefficient (Wildman–Crippen LogP) is 6.55. The Balaban J connectivity index is 1.46. The van der Waals surface area contributed by atoms with Crippen LogP contribution in [0.1, 0.15) is 58.6 Å². The lowest BCUT2D eigenvalue weighted by atomic mass is 9.87. The number of allylic oxidation sites excluding steroid dienone is 4. The van der Waals surface area contributed by atoms with Gasteiger partial charge in [0.2, 0.25) is 11.8 Å². The number of hydrogen-bond acceptors (Lipinski definition) is 6. The first-order valence-electron chi connectivity index (χ1n) is 11.3. The Bertz CT molecular complexity index is 1440. The fourth-order valence-corrected chi connectivity index (χ4v) is 3.99.